The SMILES string of the molecule is CCOc1ccc(C(=O)CCC(=O)Nc2cc(-c3ccccc3)c3ccc(CCC(=O)OC(C)(C)C)cc3n2)cc1OCC. The molecular weight excluding hydrogens is 556 g/mol. The van der Waals surface area contributed by atoms with Crippen molar-refractivity contribution >= 4 is 34.4 Å². The van der Waals surface area contributed by atoms with Crippen molar-refractivity contribution in [1.29, 1.82) is 0 Å². The highest BCUT2D eigenvalue weighted by molar-refractivity contribution is 6.02. The lowest BCUT2D eigenvalue weighted by atomic mass is 9.98. The van der Waals surface area contributed by atoms with Gasteiger partial charge in [-0.3, -0.25) is 14.4 Å². The van der Waals surface area contributed by atoms with Crippen LogP contribution in [0, 0.1) is 0 Å². The van der Waals surface area contributed by atoms with Gasteiger partial charge < -0.3 is 19.5 Å². The fourth-order valence-corrected chi connectivity index (χ4v) is 4.79. The summed E-state index contributed by atoms with van der Waals surface area (Å²) >= 11 is 0. The molecule has 0 unspecified atom stereocenters. The number of pyridine rings is 1. The van der Waals surface area contributed by atoms with Gasteiger partial charge in [0.05, 0.1) is 18.7 Å². The third kappa shape index (κ3) is 8.89. The molecule has 0 atom stereocenters. The summed E-state index contributed by atoms with van der Waals surface area (Å²) in [7, 11) is 0. The number of Topliss-reactive ketones (excluding diaryl/α,β-unsaturated/α-hetero) is 1. The molecule has 0 spiro atoms. The fourth-order valence-electron chi connectivity index (χ4n) is 4.79. The first-order valence-electron chi connectivity index (χ1n) is 15.0. The topological polar surface area (TPSA) is 104 Å². The molecule has 3 aromatic carbocycles. The first-order valence-corrected chi connectivity index (χ1v) is 15.0. The molecule has 0 bridgehead atoms. The van der Waals surface area contributed by atoms with Crippen LogP contribution in [0.3, 0.4) is 0 Å². The van der Waals surface area contributed by atoms with Gasteiger partial charge in [0.1, 0.15) is 11.4 Å². The van der Waals surface area contributed by atoms with Crippen LogP contribution >= 0.6 is 0 Å². The van der Waals surface area contributed by atoms with E-state index in [1.165, 1.54) is 0 Å². The lowest BCUT2D eigenvalue weighted by molar-refractivity contribution is -0.154. The largest absolute Gasteiger partial charge is 0.490 e. The van der Waals surface area contributed by atoms with Gasteiger partial charge in [-0.15, -0.1) is 0 Å². The maximum absolute atomic E-state index is 13.0. The number of aryl methyl sites for hydroxylation is 1. The van der Waals surface area contributed by atoms with Crippen LogP contribution in [0.2, 0.25) is 0 Å². The number of ketones is 1. The standard InChI is InChI=1S/C36H40N2O6/c1-6-42-31-18-15-26(22-32(31)43-7-2)30(39)17-19-34(40)38-33-23-28(25-11-9-8-10-12-25)27-16-13-24(21-29(27)37-33)14-20-35(41)44-36(3,4)5/h8-13,15-16,18,21-23H,6-7,14,17,19-20H2,1-5H3,(H,37,38,40). The highest BCUT2D eigenvalue weighted by Crippen LogP contribution is 2.32. The maximum Gasteiger partial charge on any atom is 0.306 e. The number of aromatic nitrogens is 1. The Labute approximate surface area is 258 Å². The van der Waals surface area contributed by atoms with E-state index >= 15 is 0 Å². The number of rotatable bonds is 13. The van der Waals surface area contributed by atoms with Crippen molar-refractivity contribution in [2.75, 3.05) is 18.5 Å². The third-order valence-electron chi connectivity index (χ3n) is 6.71. The highest BCUT2D eigenvalue weighted by atomic mass is 16.6. The summed E-state index contributed by atoms with van der Waals surface area (Å²) in [5.41, 5.74) is 3.44. The number of fused-ring (bicyclic) bond motifs is 1. The van der Waals surface area contributed by atoms with Crippen LogP contribution < -0.4 is 14.8 Å². The van der Waals surface area contributed by atoms with Crippen LogP contribution in [0.15, 0.2) is 72.8 Å². The predicted molar refractivity (Wildman–Crippen MR) is 172 cm³/mol. The van der Waals surface area contributed by atoms with E-state index in [1.807, 2.05) is 89.2 Å². The normalized spacial score (nSPS) is 11.2. The van der Waals surface area contributed by atoms with Crippen molar-refractivity contribution in [2.24, 2.45) is 0 Å². The molecular formula is C36H40N2O6. The van der Waals surface area contributed by atoms with Gasteiger partial charge in [-0.25, -0.2) is 4.98 Å². The number of nitrogens with zero attached hydrogens (tertiary/aromatic N) is 1. The quantitative estimate of drug-likeness (QED) is 0.125. The van der Waals surface area contributed by atoms with E-state index in [4.69, 9.17) is 19.2 Å². The number of carbonyl (C=O) groups is 3. The summed E-state index contributed by atoms with van der Waals surface area (Å²) in [6.45, 7) is 10.2. The van der Waals surface area contributed by atoms with E-state index in [-0.39, 0.29) is 36.9 Å². The van der Waals surface area contributed by atoms with E-state index in [0.717, 1.165) is 22.1 Å². The molecule has 0 saturated heterocycles. The van der Waals surface area contributed by atoms with Crippen LogP contribution in [-0.4, -0.2) is 41.5 Å². The van der Waals surface area contributed by atoms with Gasteiger partial charge in [-0.1, -0.05) is 42.5 Å². The monoisotopic (exact) mass is 596 g/mol. The van der Waals surface area contributed by atoms with Crippen molar-refractivity contribution in [3.05, 3.63) is 83.9 Å². The lowest BCUT2D eigenvalue weighted by Crippen LogP contribution is -2.24. The summed E-state index contributed by atoms with van der Waals surface area (Å²) in [5.74, 6) is 0.719. The van der Waals surface area contributed by atoms with Gasteiger partial charge in [0, 0.05) is 30.2 Å². The van der Waals surface area contributed by atoms with Crippen molar-refractivity contribution in [1.82, 2.24) is 4.98 Å². The van der Waals surface area contributed by atoms with E-state index in [2.05, 4.69) is 5.32 Å². The number of nitrogens with one attached hydrogen (secondary N) is 1. The van der Waals surface area contributed by atoms with E-state index in [9.17, 15) is 14.4 Å². The average Bonchev–Trinajstić information content (AvgIpc) is 2.99. The Balaban J connectivity index is 1.51. The molecule has 4 aromatic rings. The van der Waals surface area contributed by atoms with Gasteiger partial charge in [0.15, 0.2) is 17.3 Å². The molecule has 0 radical (unpaired) electrons. The Morgan fingerprint density at radius 2 is 1.52 bits per heavy atom. The summed E-state index contributed by atoms with van der Waals surface area (Å²) in [6, 6.07) is 22.7. The minimum atomic E-state index is -0.537. The number of benzene rings is 3. The number of hydrogen-bond donors (Lipinski definition) is 1. The van der Waals surface area contributed by atoms with Crippen molar-refractivity contribution in [2.45, 2.75) is 65.9 Å². The number of hydrogen-bond acceptors (Lipinski definition) is 7. The summed E-state index contributed by atoms with van der Waals surface area (Å²) in [6.07, 6.45) is 0.771. The molecule has 1 amide bonds. The summed E-state index contributed by atoms with van der Waals surface area (Å²) < 4.78 is 16.7. The molecule has 0 aliphatic rings. The van der Waals surface area contributed by atoms with E-state index < -0.39 is 5.60 Å². The van der Waals surface area contributed by atoms with Crippen molar-refractivity contribution < 1.29 is 28.6 Å². The predicted octanol–water partition coefficient (Wildman–Crippen LogP) is 7.58. The van der Waals surface area contributed by atoms with E-state index in [0.29, 0.717) is 48.0 Å². The zero-order valence-corrected chi connectivity index (χ0v) is 26.1. The van der Waals surface area contributed by atoms with Crippen LogP contribution in [0.1, 0.15) is 69.8 Å². The molecule has 0 saturated carbocycles. The highest BCUT2D eigenvalue weighted by Gasteiger charge is 2.17. The molecule has 0 aliphatic heterocycles. The Bertz CT molecular complexity index is 1630. The van der Waals surface area contributed by atoms with Crippen LogP contribution in [0.5, 0.6) is 11.5 Å². The molecule has 8 heteroatoms. The molecule has 1 N–H and O–H groups in total. The zero-order valence-electron chi connectivity index (χ0n) is 26.1. The third-order valence-corrected chi connectivity index (χ3v) is 6.71. The summed E-state index contributed by atoms with van der Waals surface area (Å²) in [4.78, 5) is 42.9. The second-order valence-electron chi connectivity index (χ2n) is 11.4. The molecule has 1 heterocycles. The Morgan fingerprint density at radius 3 is 2.23 bits per heavy atom. The fraction of sp³-hybridized carbons (Fsp3) is 0.333. The van der Waals surface area contributed by atoms with Gasteiger partial charge in [-0.05, 0) is 88.1 Å². The van der Waals surface area contributed by atoms with E-state index in [1.54, 1.807) is 18.2 Å². The maximum atomic E-state index is 13.0. The van der Waals surface area contributed by atoms with Gasteiger partial charge in [0.25, 0.3) is 0 Å². The summed E-state index contributed by atoms with van der Waals surface area (Å²) in [5, 5.41) is 3.81. The zero-order chi connectivity index (χ0) is 31.7. The molecule has 230 valence electrons. The Kier molecular flexibility index (Phi) is 10.7. The minimum absolute atomic E-state index is 0.00761. The molecule has 4 rings (SSSR count). The van der Waals surface area contributed by atoms with Crippen LogP contribution in [-0.2, 0) is 20.7 Å². The first kappa shape index (κ1) is 32.2. The van der Waals surface area contributed by atoms with Crippen LogP contribution in [0.25, 0.3) is 22.0 Å². The Hall–Kier alpha value is -4.72. The second kappa shape index (κ2) is 14.6. The van der Waals surface area contributed by atoms with Gasteiger partial charge in [0.2, 0.25) is 5.91 Å². The molecule has 8 nitrogen and oxygen atoms in total. The minimum Gasteiger partial charge on any atom is -0.490 e. The number of anilines is 1. The van der Waals surface area contributed by atoms with Crippen molar-refractivity contribution in [3.8, 4) is 22.6 Å². The smallest absolute Gasteiger partial charge is 0.306 e. The molecule has 1 aromatic heterocycles. The number of amides is 1. The molecule has 44 heavy (non-hydrogen) atoms. The molecule has 0 fully saturated rings. The lowest BCUT2D eigenvalue weighted by Gasteiger charge is -2.19. The van der Waals surface area contributed by atoms with Crippen LogP contribution in [0.4, 0.5) is 5.82 Å². The second-order valence-corrected chi connectivity index (χ2v) is 11.4. The van der Waals surface area contributed by atoms with Crippen molar-refractivity contribution in [3.63, 3.8) is 0 Å². The first-order chi connectivity index (χ1) is 21.1. The average molecular weight is 597 g/mol. The number of carbonyl (C=O) groups excluding carboxylic acids is 3. The molecule has 0 aliphatic carbocycles. The van der Waals surface area contributed by atoms with Gasteiger partial charge in [-0.2, -0.15) is 0 Å². The van der Waals surface area contributed by atoms with Gasteiger partial charge >= 0.3 is 5.97 Å². The Morgan fingerprint density at radius 1 is 0.795 bits per heavy atom. The number of ether oxygens (including phenoxy) is 3. The number of esters is 1.